The van der Waals surface area contributed by atoms with Gasteiger partial charge < -0.3 is 5.11 Å². The Morgan fingerprint density at radius 3 is 2.56 bits per heavy atom. The zero-order chi connectivity index (χ0) is 13.8. The number of thioether (sulfide) groups is 1. The number of sulfonamides is 1. The van der Waals surface area contributed by atoms with E-state index in [0.29, 0.717) is 12.1 Å². The molecule has 0 amide bonds. The van der Waals surface area contributed by atoms with Crippen molar-refractivity contribution in [2.45, 2.75) is 30.2 Å². The molecule has 0 atom stereocenters. The number of aliphatic hydroxyl groups is 1. The van der Waals surface area contributed by atoms with Crippen molar-refractivity contribution >= 4 is 21.8 Å². The van der Waals surface area contributed by atoms with Crippen molar-refractivity contribution in [3.8, 4) is 0 Å². The number of pyridine rings is 1. The van der Waals surface area contributed by atoms with Crippen LogP contribution in [-0.2, 0) is 16.6 Å². The van der Waals surface area contributed by atoms with Gasteiger partial charge in [-0.15, -0.1) is 0 Å². The number of rotatable bonds is 6. The maximum Gasteiger partial charge on any atom is 0.258 e. The van der Waals surface area contributed by atoms with Crippen molar-refractivity contribution in [3.63, 3.8) is 0 Å². The minimum absolute atomic E-state index is 0.0309. The second-order valence-electron chi connectivity index (χ2n) is 4.45. The number of hydrogen-bond donors (Lipinski definition) is 2. The van der Waals surface area contributed by atoms with Crippen LogP contribution < -0.4 is 4.72 Å². The fourth-order valence-corrected chi connectivity index (χ4v) is 2.52. The molecule has 1 heterocycles. The Morgan fingerprint density at radius 1 is 1.44 bits per heavy atom. The predicted molar refractivity (Wildman–Crippen MR) is 72.9 cm³/mol. The van der Waals surface area contributed by atoms with Gasteiger partial charge in [0.1, 0.15) is 0 Å². The fourth-order valence-electron chi connectivity index (χ4n) is 1.08. The summed E-state index contributed by atoms with van der Waals surface area (Å²) in [6.45, 7) is 4.10. The van der Waals surface area contributed by atoms with Crippen LogP contribution in [0.1, 0.15) is 19.4 Å². The molecule has 0 radical (unpaired) electrons. The number of nitrogens with one attached hydrogen (secondary N) is 1. The third kappa shape index (κ3) is 4.24. The summed E-state index contributed by atoms with van der Waals surface area (Å²) in [4.78, 5) is 3.83. The van der Waals surface area contributed by atoms with Gasteiger partial charge in [-0.05, 0) is 31.7 Å². The van der Waals surface area contributed by atoms with E-state index in [4.69, 9.17) is 5.11 Å². The molecule has 1 aromatic heterocycles. The van der Waals surface area contributed by atoms with Gasteiger partial charge in [0.15, 0.2) is 5.03 Å². The van der Waals surface area contributed by atoms with E-state index in [1.54, 1.807) is 17.8 Å². The fraction of sp³-hybridized carbons (Fsp3) is 0.545. The summed E-state index contributed by atoms with van der Waals surface area (Å²) in [5.74, 6) is 0. The zero-order valence-corrected chi connectivity index (χ0v) is 12.3. The molecule has 7 heteroatoms. The van der Waals surface area contributed by atoms with Gasteiger partial charge in [-0.1, -0.05) is 6.07 Å². The van der Waals surface area contributed by atoms with Crippen molar-refractivity contribution in [2.75, 3.05) is 12.8 Å². The first-order valence-corrected chi connectivity index (χ1v) is 8.12. The van der Waals surface area contributed by atoms with Gasteiger partial charge in [0, 0.05) is 17.5 Å². The molecule has 18 heavy (non-hydrogen) atoms. The number of aromatic nitrogens is 1. The quantitative estimate of drug-likeness (QED) is 0.817. The van der Waals surface area contributed by atoms with Gasteiger partial charge in [-0.2, -0.15) is 11.8 Å². The summed E-state index contributed by atoms with van der Waals surface area (Å²) in [5.41, 5.74) is 0.582. The van der Waals surface area contributed by atoms with Crippen LogP contribution in [0, 0.1) is 0 Å². The molecule has 0 aliphatic rings. The monoisotopic (exact) mass is 290 g/mol. The Balaban J connectivity index is 2.80. The first-order chi connectivity index (χ1) is 8.30. The molecule has 102 valence electrons. The summed E-state index contributed by atoms with van der Waals surface area (Å²) in [5, 5.41) is 8.83. The number of nitrogens with zero attached hydrogens (tertiary/aromatic N) is 1. The highest BCUT2D eigenvalue weighted by molar-refractivity contribution is 8.00. The topological polar surface area (TPSA) is 79.3 Å². The molecule has 0 aliphatic carbocycles. The molecule has 0 aromatic carbocycles. The van der Waals surface area contributed by atoms with Crippen molar-refractivity contribution in [3.05, 3.63) is 23.9 Å². The molecule has 1 rings (SSSR count). The molecular weight excluding hydrogens is 272 g/mol. The molecule has 0 spiro atoms. The third-order valence-corrected chi connectivity index (χ3v) is 5.06. The maximum absolute atomic E-state index is 11.9. The lowest BCUT2D eigenvalue weighted by atomic mass is 10.2. The van der Waals surface area contributed by atoms with Gasteiger partial charge in [0.2, 0.25) is 0 Å². The highest BCUT2D eigenvalue weighted by atomic mass is 32.2. The van der Waals surface area contributed by atoms with Gasteiger partial charge in [0.05, 0.1) is 6.61 Å². The van der Waals surface area contributed by atoms with E-state index in [1.807, 2.05) is 20.1 Å². The lowest BCUT2D eigenvalue weighted by Gasteiger charge is -2.21. The summed E-state index contributed by atoms with van der Waals surface area (Å²) in [6.07, 6.45) is 3.29. The van der Waals surface area contributed by atoms with Crippen molar-refractivity contribution in [2.24, 2.45) is 0 Å². The second-order valence-corrected chi connectivity index (χ2v) is 7.68. The molecule has 0 saturated carbocycles. The van der Waals surface area contributed by atoms with Crippen molar-refractivity contribution in [1.29, 1.82) is 0 Å². The Bertz CT molecular complexity index is 484. The highest BCUT2D eigenvalue weighted by Gasteiger charge is 2.22. The molecule has 0 fully saturated rings. The van der Waals surface area contributed by atoms with Crippen LogP contribution in [-0.4, -0.2) is 36.1 Å². The molecule has 0 aliphatic heterocycles. The van der Waals surface area contributed by atoms with Gasteiger partial charge in [-0.3, -0.25) is 0 Å². The average molecular weight is 290 g/mol. The molecule has 5 nitrogen and oxygen atoms in total. The normalized spacial score (nSPS) is 12.7. The summed E-state index contributed by atoms with van der Waals surface area (Å²) in [6, 6.07) is 2.93. The molecular formula is C11H18N2O3S2. The molecule has 2 N–H and O–H groups in total. The van der Waals surface area contributed by atoms with Gasteiger partial charge in [-0.25, -0.2) is 18.1 Å². The smallest absolute Gasteiger partial charge is 0.258 e. The summed E-state index contributed by atoms with van der Waals surface area (Å²) >= 11 is 1.59. The molecule has 1 aromatic rings. The Labute approximate surface area is 112 Å². The van der Waals surface area contributed by atoms with E-state index in [2.05, 4.69) is 9.71 Å². The van der Waals surface area contributed by atoms with E-state index in [9.17, 15) is 8.42 Å². The van der Waals surface area contributed by atoms with E-state index in [-0.39, 0.29) is 16.4 Å². The number of hydrogen-bond acceptors (Lipinski definition) is 5. The minimum Gasteiger partial charge on any atom is -0.392 e. The van der Waals surface area contributed by atoms with Crippen LogP contribution in [0.4, 0.5) is 0 Å². The standard InChI is InChI=1S/C11H18N2O3S2/c1-11(2,17-3)8-13-18(15,16)10-5-4-9(7-14)6-12-10/h4-6,13-14H,7-8H2,1-3H3. The van der Waals surface area contributed by atoms with Crippen LogP contribution in [0.25, 0.3) is 0 Å². The van der Waals surface area contributed by atoms with Crippen molar-refractivity contribution in [1.82, 2.24) is 9.71 Å². The van der Waals surface area contributed by atoms with E-state index < -0.39 is 10.0 Å². The summed E-state index contributed by atoms with van der Waals surface area (Å²) in [7, 11) is -3.58. The zero-order valence-electron chi connectivity index (χ0n) is 10.7. The predicted octanol–water partition coefficient (Wildman–Crippen LogP) is 0.994. The van der Waals surface area contributed by atoms with E-state index in [0.717, 1.165) is 0 Å². The SMILES string of the molecule is CSC(C)(C)CNS(=O)(=O)c1ccc(CO)cn1. The minimum atomic E-state index is -3.58. The van der Waals surface area contributed by atoms with Crippen LogP contribution >= 0.6 is 11.8 Å². The van der Waals surface area contributed by atoms with E-state index >= 15 is 0 Å². The lowest BCUT2D eigenvalue weighted by molar-refractivity contribution is 0.281. The van der Waals surface area contributed by atoms with Crippen LogP contribution in [0.15, 0.2) is 23.4 Å². The first kappa shape index (κ1) is 15.4. The second kappa shape index (κ2) is 6.01. The average Bonchev–Trinajstić information content (AvgIpc) is 2.37. The Kier molecular flexibility index (Phi) is 5.15. The lowest BCUT2D eigenvalue weighted by Crippen LogP contribution is -2.36. The first-order valence-electron chi connectivity index (χ1n) is 5.41. The summed E-state index contributed by atoms with van der Waals surface area (Å²) < 4.78 is 26.3. The highest BCUT2D eigenvalue weighted by Crippen LogP contribution is 2.20. The van der Waals surface area contributed by atoms with Crippen LogP contribution in [0.3, 0.4) is 0 Å². The van der Waals surface area contributed by atoms with Crippen molar-refractivity contribution < 1.29 is 13.5 Å². The van der Waals surface area contributed by atoms with Crippen LogP contribution in [0.5, 0.6) is 0 Å². The molecule has 0 unspecified atom stereocenters. The molecule has 0 bridgehead atoms. The Hall–Kier alpha value is -0.630. The van der Waals surface area contributed by atoms with Gasteiger partial charge >= 0.3 is 0 Å². The van der Waals surface area contributed by atoms with Crippen LogP contribution in [0.2, 0.25) is 0 Å². The van der Waals surface area contributed by atoms with E-state index in [1.165, 1.54) is 12.3 Å². The maximum atomic E-state index is 11.9. The number of aliphatic hydroxyl groups excluding tert-OH is 1. The Morgan fingerprint density at radius 2 is 2.11 bits per heavy atom. The van der Waals surface area contributed by atoms with Gasteiger partial charge in [0.25, 0.3) is 10.0 Å². The molecule has 0 saturated heterocycles. The third-order valence-electron chi connectivity index (χ3n) is 2.50. The largest absolute Gasteiger partial charge is 0.392 e.